The maximum Gasteiger partial charge on any atom is 0.410 e. The van der Waals surface area contributed by atoms with E-state index in [4.69, 9.17) is 28.6 Å². The largest absolute Gasteiger partial charge is 0.497 e. The highest BCUT2D eigenvalue weighted by Gasteiger charge is 2.46. The Balaban J connectivity index is 1.49. The number of piperazine rings is 1. The van der Waals surface area contributed by atoms with Crippen LogP contribution in [0.1, 0.15) is 65.8 Å². The summed E-state index contributed by atoms with van der Waals surface area (Å²) in [6.07, 6.45) is 2.04. The molecule has 0 saturated carbocycles. The van der Waals surface area contributed by atoms with Gasteiger partial charge in [-0.3, -0.25) is 14.6 Å². The number of hydrogen-bond acceptors (Lipinski definition) is 10. The lowest BCUT2D eigenvalue weighted by Crippen LogP contribution is -2.57. The fourth-order valence-corrected chi connectivity index (χ4v) is 7.22. The average Bonchev–Trinajstić information content (AvgIpc) is 3.26. The van der Waals surface area contributed by atoms with Crippen LogP contribution < -0.4 is 24.6 Å². The highest BCUT2D eigenvalue weighted by molar-refractivity contribution is 6.74. The van der Waals surface area contributed by atoms with Gasteiger partial charge in [-0.1, -0.05) is 20.8 Å². The van der Waals surface area contributed by atoms with Crippen LogP contribution in [0.4, 0.5) is 22.1 Å². The number of nitrogens with one attached hydrogen (secondary N) is 1. The summed E-state index contributed by atoms with van der Waals surface area (Å²) in [5, 5.41) is 3.42. The second-order valence-corrected chi connectivity index (χ2v) is 20.0. The van der Waals surface area contributed by atoms with Gasteiger partial charge in [-0.25, -0.2) is 14.8 Å². The van der Waals surface area contributed by atoms with E-state index in [1.807, 2.05) is 43.9 Å². The molecule has 3 aliphatic heterocycles. The van der Waals surface area contributed by atoms with Crippen LogP contribution in [0.2, 0.25) is 18.1 Å². The normalized spacial score (nSPS) is 19.8. The van der Waals surface area contributed by atoms with Crippen LogP contribution in [0, 0.1) is 0 Å². The zero-order valence-corrected chi connectivity index (χ0v) is 30.7. The van der Waals surface area contributed by atoms with Gasteiger partial charge >= 0.3 is 6.09 Å². The Morgan fingerprint density at radius 1 is 1.00 bits per heavy atom. The van der Waals surface area contributed by atoms with Crippen LogP contribution in [-0.2, 0) is 26.9 Å². The summed E-state index contributed by atoms with van der Waals surface area (Å²) in [6.45, 7) is 18.9. The zero-order chi connectivity index (χ0) is 34.3. The fourth-order valence-electron chi connectivity index (χ4n) is 6.17. The standard InChI is InChI=1S/C34H52N6O6Si/c1-33(2,3)46-32(42)40-23-12-13-24(40)21-38(20-23)30-29-31(37-27(36-30)15-16-45-47(9,10)34(4,5)6)39(28(41)18-35-29)19-22-11-14-25(43-7)17-26(22)44-8/h11,14,17,23-24,35H,12-13,15-16,18-21H2,1-10H3. The second kappa shape index (κ2) is 13.1. The Labute approximate surface area is 280 Å². The molecule has 13 heteroatoms. The van der Waals surface area contributed by atoms with Crippen LogP contribution in [0.3, 0.4) is 0 Å². The quantitative estimate of drug-likeness (QED) is 0.338. The molecule has 2 saturated heterocycles. The summed E-state index contributed by atoms with van der Waals surface area (Å²) in [6, 6.07) is 5.60. The number of benzene rings is 1. The number of methoxy groups -OCH3 is 2. The number of hydrogen-bond donors (Lipinski definition) is 1. The van der Waals surface area contributed by atoms with E-state index in [-0.39, 0.29) is 42.2 Å². The summed E-state index contributed by atoms with van der Waals surface area (Å²) in [7, 11) is 1.23. The molecule has 0 radical (unpaired) electrons. The van der Waals surface area contributed by atoms with Crippen molar-refractivity contribution in [1.82, 2.24) is 14.9 Å². The van der Waals surface area contributed by atoms with Gasteiger partial charge in [0.1, 0.15) is 28.6 Å². The van der Waals surface area contributed by atoms with Crippen LogP contribution >= 0.6 is 0 Å². The van der Waals surface area contributed by atoms with Crippen molar-refractivity contribution in [2.75, 3.05) is 55.6 Å². The third kappa shape index (κ3) is 7.45. The minimum atomic E-state index is -1.99. The molecule has 1 N–H and O–H groups in total. The Hall–Kier alpha value is -3.58. The molecule has 2 aromatic rings. The first-order valence-electron chi connectivity index (χ1n) is 16.6. The molecule has 1 aromatic heterocycles. The molecular formula is C34H52N6O6Si. The molecule has 1 aromatic carbocycles. The minimum Gasteiger partial charge on any atom is -0.497 e. The van der Waals surface area contributed by atoms with E-state index < -0.39 is 13.9 Å². The average molecular weight is 669 g/mol. The third-order valence-electron chi connectivity index (χ3n) is 9.69. The predicted octanol–water partition coefficient (Wildman–Crippen LogP) is 5.60. The lowest BCUT2D eigenvalue weighted by Gasteiger charge is -2.43. The summed E-state index contributed by atoms with van der Waals surface area (Å²) in [5.74, 6) is 3.10. The van der Waals surface area contributed by atoms with E-state index in [1.54, 1.807) is 19.1 Å². The van der Waals surface area contributed by atoms with Crippen LogP contribution in [0.15, 0.2) is 18.2 Å². The monoisotopic (exact) mass is 668 g/mol. The summed E-state index contributed by atoms with van der Waals surface area (Å²) in [5.41, 5.74) is 0.991. The highest BCUT2D eigenvalue weighted by Crippen LogP contribution is 2.41. The lowest BCUT2D eigenvalue weighted by molar-refractivity contribution is -0.117. The van der Waals surface area contributed by atoms with Crippen molar-refractivity contribution in [2.45, 2.75) is 103 Å². The van der Waals surface area contributed by atoms with Crippen molar-refractivity contribution in [3.63, 3.8) is 0 Å². The molecule has 12 nitrogen and oxygen atoms in total. The number of fused-ring (bicyclic) bond motifs is 3. The van der Waals surface area contributed by atoms with Crippen molar-refractivity contribution in [3.8, 4) is 11.5 Å². The molecule has 4 heterocycles. The van der Waals surface area contributed by atoms with Crippen molar-refractivity contribution in [1.29, 1.82) is 0 Å². The van der Waals surface area contributed by atoms with Gasteiger partial charge in [0.25, 0.3) is 0 Å². The maximum atomic E-state index is 13.5. The van der Waals surface area contributed by atoms with E-state index in [0.717, 1.165) is 29.9 Å². The Bertz CT molecular complexity index is 1470. The van der Waals surface area contributed by atoms with Crippen LogP contribution in [-0.4, -0.2) is 93.3 Å². The van der Waals surface area contributed by atoms with Crippen molar-refractivity contribution < 1.29 is 28.2 Å². The Morgan fingerprint density at radius 3 is 2.26 bits per heavy atom. The van der Waals surface area contributed by atoms with Crippen molar-refractivity contribution in [3.05, 3.63) is 29.6 Å². The SMILES string of the molecule is COc1ccc(CN2C(=O)CNc3c(N4CC5CCC(C4)N5C(=O)OC(C)(C)C)nc(CCO[Si](C)(C)C(C)(C)C)nc32)c(OC)c1. The number of carbonyl (C=O) groups is 2. The van der Waals surface area contributed by atoms with E-state index in [2.05, 4.69) is 44.1 Å². The Morgan fingerprint density at radius 2 is 1.66 bits per heavy atom. The number of anilines is 3. The van der Waals surface area contributed by atoms with Gasteiger partial charge in [0.05, 0.1) is 39.4 Å². The zero-order valence-electron chi connectivity index (χ0n) is 29.7. The summed E-state index contributed by atoms with van der Waals surface area (Å²) < 4.78 is 23.3. The molecule has 47 heavy (non-hydrogen) atoms. The first-order chi connectivity index (χ1) is 22.0. The predicted molar refractivity (Wildman–Crippen MR) is 185 cm³/mol. The molecule has 258 valence electrons. The molecule has 2 bridgehead atoms. The molecule has 3 aliphatic rings. The summed E-state index contributed by atoms with van der Waals surface area (Å²) in [4.78, 5) is 42.7. The smallest absolute Gasteiger partial charge is 0.410 e. The molecule has 5 rings (SSSR count). The number of rotatable bonds is 9. The fraction of sp³-hybridized carbons (Fsp3) is 0.647. The number of amides is 2. The van der Waals surface area contributed by atoms with Crippen molar-refractivity contribution in [2.24, 2.45) is 0 Å². The van der Waals surface area contributed by atoms with Gasteiger partial charge < -0.3 is 28.9 Å². The van der Waals surface area contributed by atoms with Gasteiger partial charge in [-0.15, -0.1) is 0 Å². The van der Waals surface area contributed by atoms with Gasteiger partial charge in [-0.05, 0) is 63.9 Å². The van der Waals surface area contributed by atoms with Crippen LogP contribution in [0.25, 0.3) is 0 Å². The van der Waals surface area contributed by atoms with Gasteiger partial charge in [0.2, 0.25) is 5.91 Å². The first kappa shape index (κ1) is 34.7. The van der Waals surface area contributed by atoms with E-state index >= 15 is 0 Å². The number of carbonyl (C=O) groups excluding carboxylic acids is 2. The van der Waals surface area contributed by atoms with Gasteiger partial charge in [0.15, 0.2) is 20.0 Å². The molecule has 2 amide bonds. The van der Waals surface area contributed by atoms with E-state index in [1.165, 1.54) is 0 Å². The third-order valence-corrected chi connectivity index (χ3v) is 14.2. The second-order valence-electron chi connectivity index (χ2n) is 15.2. The van der Waals surface area contributed by atoms with E-state index in [9.17, 15) is 9.59 Å². The highest BCUT2D eigenvalue weighted by atomic mass is 28.4. The minimum absolute atomic E-state index is 0.00414. The van der Waals surface area contributed by atoms with E-state index in [0.29, 0.717) is 49.3 Å². The van der Waals surface area contributed by atoms with Crippen molar-refractivity contribution >= 4 is 37.6 Å². The topological polar surface area (TPSA) is 119 Å². The first-order valence-corrected chi connectivity index (χ1v) is 19.5. The molecule has 0 spiro atoms. The van der Waals surface area contributed by atoms with Crippen LogP contribution in [0.5, 0.6) is 11.5 Å². The van der Waals surface area contributed by atoms with Gasteiger partial charge in [-0.2, -0.15) is 0 Å². The lowest BCUT2D eigenvalue weighted by atomic mass is 10.1. The number of ether oxygens (including phenoxy) is 3. The maximum absolute atomic E-state index is 13.5. The summed E-state index contributed by atoms with van der Waals surface area (Å²) >= 11 is 0. The molecule has 2 unspecified atom stereocenters. The molecular weight excluding hydrogens is 616 g/mol. The molecule has 2 atom stereocenters. The molecule has 0 aliphatic carbocycles. The molecule has 2 fully saturated rings. The van der Waals surface area contributed by atoms with Gasteiger partial charge in [0, 0.05) is 37.7 Å². The number of nitrogens with zero attached hydrogens (tertiary/aromatic N) is 5. The number of aromatic nitrogens is 2. The Kier molecular flexibility index (Phi) is 9.71.